The van der Waals surface area contributed by atoms with Gasteiger partial charge in [-0.1, -0.05) is 57.3 Å². The smallest absolute Gasteiger partial charge is 0.172 e. The first-order valence-electron chi connectivity index (χ1n) is 22.5. The van der Waals surface area contributed by atoms with Crippen LogP contribution < -0.4 is 0 Å². The van der Waals surface area contributed by atoms with E-state index >= 15 is 4.79 Å². The monoisotopic (exact) mass is 852 g/mol. The second-order valence-corrected chi connectivity index (χ2v) is 20.6. The quantitative estimate of drug-likeness (QED) is 0.208. The van der Waals surface area contributed by atoms with E-state index in [1.807, 2.05) is 18.2 Å². The van der Waals surface area contributed by atoms with E-state index < -0.39 is 11.7 Å². The number of hydrogen-bond donors (Lipinski definition) is 0. The van der Waals surface area contributed by atoms with E-state index in [4.69, 9.17) is 42.4 Å². The summed E-state index contributed by atoms with van der Waals surface area (Å²) in [5.41, 5.74) is 2.96. The maximum Gasteiger partial charge on any atom is 0.172 e. The molecule has 1 spiro atoms. The lowest BCUT2D eigenvalue weighted by molar-refractivity contribution is -0.292. The second kappa shape index (κ2) is 16.9. The fourth-order valence-electron chi connectivity index (χ4n) is 12.6. The third kappa shape index (κ3) is 7.83. The van der Waals surface area contributed by atoms with Gasteiger partial charge in [0.05, 0.1) is 67.2 Å². The number of ketones is 1. The van der Waals surface area contributed by atoms with E-state index in [0.717, 1.165) is 55.2 Å². The zero-order valence-electron chi connectivity index (χ0n) is 34.5. The minimum absolute atomic E-state index is 0.0145. The number of hydrogen-bond acceptors (Lipinski definition) is 11. The van der Waals surface area contributed by atoms with Gasteiger partial charge in [0.25, 0.3) is 0 Å². The largest absolute Gasteiger partial charge is 0.374 e. The Bertz CT molecular complexity index is 1750. The van der Waals surface area contributed by atoms with Crippen LogP contribution in [-0.4, -0.2) is 109 Å². The minimum Gasteiger partial charge on any atom is -0.374 e. The van der Waals surface area contributed by atoms with Crippen LogP contribution in [0.3, 0.4) is 0 Å². The van der Waals surface area contributed by atoms with Crippen molar-refractivity contribution in [2.45, 2.75) is 194 Å². The summed E-state index contributed by atoms with van der Waals surface area (Å²) in [6.45, 7) is 13.8. The lowest BCUT2D eigenvalue weighted by atomic mass is 9.70. The number of Topliss-reactive ketones (excluding diaryl/α,β-unsaturated/α-hetero) is 1. The molecule has 0 N–H and O–H groups in total. The molecule has 0 radical (unpaired) electrons. The molecule has 1 aromatic carbocycles. The van der Waals surface area contributed by atoms with Gasteiger partial charge in [0.1, 0.15) is 36.3 Å². The van der Waals surface area contributed by atoms with Gasteiger partial charge in [0, 0.05) is 47.0 Å². The second-order valence-electron chi connectivity index (χ2n) is 19.3. The molecule has 11 rings (SSSR count). The Labute approximate surface area is 352 Å². The summed E-state index contributed by atoms with van der Waals surface area (Å²) in [4.78, 5) is 15.2. The van der Waals surface area contributed by atoms with Crippen molar-refractivity contribution in [3.05, 3.63) is 60.2 Å². The van der Waals surface area contributed by atoms with Gasteiger partial charge in [0.2, 0.25) is 0 Å². The Kier molecular flexibility index (Phi) is 11.9. The van der Waals surface area contributed by atoms with Crippen LogP contribution in [0.15, 0.2) is 54.6 Å². The van der Waals surface area contributed by atoms with Gasteiger partial charge < -0.3 is 42.4 Å². The highest BCUT2D eigenvalue weighted by molar-refractivity contribution is 7.24. The lowest BCUT2D eigenvalue weighted by Gasteiger charge is -2.47. The Morgan fingerprint density at radius 3 is 2.36 bits per heavy atom. The van der Waals surface area contributed by atoms with Crippen LogP contribution in [0.25, 0.3) is 0 Å². The molecule has 10 saturated heterocycles. The molecule has 10 fully saturated rings. The summed E-state index contributed by atoms with van der Waals surface area (Å²) in [7, 11) is 2.29. The van der Waals surface area contributed by atoms with Crippen LogP contribution in [0.1, 0.15) is 102 Å². The van der Waals surface area contributed by atoms with Crippen molar-refractivity contribution >= 4 is 23.7 Å². The standard InChI is InChI=1S/C46H62O11P2/c1-23-16-28-10-12-33-24(2)17-30(50-33)14-15-46-21-38-42(56-46)43-44(55-38)45(57-46)41-34(54-43)13-11-29(52-41)18-32(47)40(27-8-6-5-7-9-27)39-26(4)35(19-31(59-48)22-49-58)53-37(39)20-36(51-28)25(23)3/h5-9,23,26,28-31,33-45H,2-3,10-22,58H2,1,4H3/t23-,26+,28?,29-,30?,31+,33+,34+,35-,36-,37?,38-,39-,40?,41+,42+,43+,44-,45+,46+/m1/s1. The van der Waals surface area contributed by atoms with Crippen molar-refractivity contribution < 1.29 is 51.8 Å². The molecule has 1 aromatic rings. The number of carbonyl (C=O) groups excluding carboxylic acids is 1. The van der Waals surface area contributed by atoms with E-state index in [9.17, 15) is 4.57 Å². The molecule has 13 heteroatoms. The number of rotatable bonds is 6. The van der Waals surface area contributed by atoms with E-state index in [0.29, 0.717) is 38.7 Å². The van der Waals surface area contributed by atoms with Gasteiger partial charge >= 0.3 is 0 Å². The Morgan fingerprint density at radius 2 is 1.54 bits per heavy atom. The summed E-state index contributed by atoms with van der Waals surface area (Å²) in [6, 6.07) is 10.2. The fraction of sp³-hybridized carbons (Fsp3) is 0.761. The summed E-state index contributed by atoms with van der Waals surface area (Å²) in [6.07, 6.45) is 5.82. The Hall–Kier alpha value is -1.46. The third-order valence-electron chi connectivity index (χ3n) is 15.6. The molecule has 59 heavy (non-hydrogen) atoms. The highest BCUT2D eigenvalue weighted by Crippen LogP contribution is 2.55. The van der Waals surface area contributed by atoms with Crippen LogP contribution in [0, 0.1) is 17.8 Å². The minimum atomic E-state index is -0.799. The number of fused-ring (bicyclic) bond motifs is 6. The molecular formula is C46H62O11P2. The van der Waals surface area contributed by atoms with Crippen molar-refractivity contribution in [3.63, 3.8) is 0 Å². The molecule has 12 bridgehead atoms. The van der Waals surface area contributed by atoms with Gasteiger partial charge in [-0.15, -0.1) is 0 Å². The molecule has 0 saturated carbocycles. The highest BCUT2D eigenvalue weighted by Gasteiger charge is 2.69. The van der Waals surface area contributed by atoms with Crippen LogP contribution in [-0.2, 0) is 51.8 Å². The van der Waals surface area contributed by atoms with Crippen molar-refractivity contribution in [2.24, 2.45) is 17.8 Å². The van der Waals surface area contributed by atoms with Crippen LogP contribution in [0.2, 0.25) is 0 Å². The molecule has 10 aliphatic heterocycles. The average Bonchev–Trinajstić information content (AvgIpc) is 3.90. The molecule has 0 aromatic heterocycles. The zero-order chi connectivity index (χ0) is 40.6. The summed E-state index contributed by atoms with van der Waals surface area (Å²) in [5.74, 6) is -1.03. The predicted molar refractivity (Wildman–Crippen MR) is 221 cm³/mol. The van der Waals surface area contributed by atoms with E-state index in [1.165, 1.54) is 0 Å². The zero-order valence-corrected chi connectivity index (χ0v) is 36.5. The molecule has 10 aliphatic rings. The van der Waals surface area contributed by atoms with Crippen molar-refractivity contribution in [3.8, 4) is 0 Å². The fourth-order valence-corrected chi connectivity index (χ4v) is 13.4. The van der Waals surface area contributed by atoms with Gasteiger partial charge in [-0.05, 0) is 79.9 Å². The van der Waals surface area contributed by atoms with Gasteiger partial charge in [0.15, 0.2) is 14.2 Å². The van der Waals surface area contributed by atoms with Gasteiger partial charge in [-0.2, -0.15) is 0 Å². The normalized spacial score (nSPS) is 48.8. The number of benzene rings is 1. The summed E-state index contributed by atoms with van der Waals surface area (Å²) >= 11 is 0. The van der Waals surface area contributed by atoms with Crippen molar-refractivity contribution in [1.29, 1.82) is 0 Å². The molecule has 322 valence electrons. The van der Waals surface area contributed by atoms with Gasteiger partial charge in [-0.3, -0.25) is 9.36 Å². The molecule has 11 nitrogen and oxygen atoms in total. The molecule has 0 aliphatic carbocycles. The van der Waals surface area contributed by atoms with E-state index in [2.05, 4.69) is 48.6 Å². The topological polar surface area (TPSA) is 117 Å². The first-order valence-corrected chi connectivity index (χ1v) is 23.8. The first kappa shape index (κ1) is 41.5. The molecule has 0 amide bonds. The Morgan fingerprint density at radius 1 is 0.797 bits per heavy atom. The Balaban J connectivity index is 0.993. The summed E-state index contributed by atoms with van der Waals surface area (Å²) < 4.78 is 72.9. The maximum absolute atomic E-state index is 15.2. The van der Waals surface area contributed by atoms with Crippen LogP contribution in [0.4, 0.5) is 0 Å². The highest BCUT2D eigenvalue weighted by atomic mass is 31.1. The maximum atomic E-state index is 15.2. The van der Waals surface area contributed by atoms with Gasteiger partial charge in [-0.25, -0.2) is 0 Å². The lowest BCUT2D eigenvalue weighted by Crippen LogP contribution is -2.61. The first-order chi connectivity index (χ1) is 28.6. The van der Waals surface area contributed by atoms with E-state index in [-0.39, 0.29) is 130 Å². The number of ether oxygens (including phenoxy) is 8. The summed E-state index contributed by atoms with van der Waals surface area (Å²) in [5, 5.41) is 0. The molecular weight excluding hydrogens is 790 g/mol. The number of carbonyl (C=O) groups is 1. The predicted octanol–water partition coefficient (Wildman–Crippen LogP) is 7.60. The van der Waals surface area contributed by atoms with Crippen molar-refractivity contribution in [1.82, 2.24) is 0 Å². The third-order valence-corrected chi connectivity index (χ3v) is 16.5. The average molecular weight is 853 g/mol. The van der Waals surface area contributed by atoms with Crippen LogP contribution >= 0.6 is 17.9 Å². The van der Waals surface area contributed by atoms with Crippen LogP contribution in [0.5, 0.6) is 0 Å². The SMILES string of the molecule is C=C1CC2CC[C@@]34C[C@H]5O[C@H]6[C@@H](O3)[C@H]3O[C@H](CC[C@@H]3O[C@H]6[C@H]5O4)CC(=O)C(c3ccccc3)[C@H]3C(C[C@H]4OC(CC[C@@H]1O2)C[C@@H](C)C4=C)O[C@H](C[C@@H](COP)P=O)[C@@H]3C. The molecule has 10 heterocycles. The molecule has 21 atom stereocenters. The van der Waals surface area contributed by atoms with Crippen molar-refractivity contribution in [2.75, 3.05) is 6.61 Å². The van der Waals surface area contributed by atoms with E-state index in [1.54, 1.807) is 0 Å². The molecule has 5 unspecified atom stereocenters.